The van der Waals surface area contributed by atoms with Crippen molar-refractivity contribution in [2.24, 2.45) is 0 Å². The van der Waals surface area contributed by atoms with Crippen LogP contribution < -0.4 is 11.1 Å². The maximum Gasteiger partial charge on any atom is 0.417 e. The molecule has 0 saturated carbocycles. The van der Waals surface area contributed by atoms with E-state index in [9.17, 15) is 14.4 Å². The van der Waals surface area contributed by atoms with E-state index in [0.29, 0.717) is 40.0 Å². The van der Waals surface area contributed by atoms with Gasteiger partial charge in [0.25, 0.3) is 5.91 Å². The van der Waals surface area contributed by atoms with Crippen molar-refractivity contribution in [2.45, 2.75) is 26.2 Å². The number of amides is 1. The monoisotopic (exact) mass is 325 g/mol. The van der Waals surface area contributed by atoms with Crippen molar-refractivity contribution in [3.05, 3.63) is 51.3 Å². The van der Waals surface area contributed by atoms with Gasteiger partial charge in [-0.2, -0.15) is 0 Å². The largest absolute Gasteiger partial charge is 0.417 e. The third-order valence-corrected chi connectivity index (χ3v) is 4.34. The zero-order chi connectivity index (χ0) is 16.8. The van der Waals surface area contributed by atoms with Gasteiger partial charge in [-0.3, -0.25) is 14.6 Å². The number of hydrogen-bond acceptors (Lipinski definition) is 4. The van der Waals surface area contributed by atoms with E-state index in [1.54, 1.807) is 25.1 Å². The first-order valence-electron chi connectivity index (χ1n) is 7.72. The van der Waals surface area contributed by atoms with E-state index < -0.39 is 5.76 Å². The first-order valence-corrected chi connectivity index (χ1v) is 7.72. The van der Waals surface area contributed by atoms with Crippen LogP contribution in [0.3, 0.4) is 0 Å². The number of carbonyl (C=O) groups excluding carboxylic acids is 2. The lowest BCUT2D eigenvalue weighted by atomic mass is 9.94. The molecule has 24 heavy (non-hydrogen) atoms. The van der Waals surface area contributed by atoms with Crippen LogP contribution in [0.25, 0.3) is 11.1 Å². The summed E-state index contributed by atoms with van der Waals surface area (Å²) in [7, 11) is 0. The lowest BCUT2D eigenvalue weighted by Crippen LogP contribution is -2.14. The molecule has 0 saturated heterocycles. The maximum absolute atomic E-state index is 12.6. The van der Waals surface area contributed by atoms with Crippen LogP contribution in [0, 0.1) is 6.92 Å². The number of anilines is 1. The lowest BCUT2D eigenvalue weighted by Gasteiger charge is -2.09. The highest BCUT2D eigenvalue weighted by Crippen LogP contribution is 2.27. The summed E-state index contributed by atoms with van der Waals surface area (Å²) < 4.78 is 4.93. The molecule has 3 N–H and O–H groups in total. The van der Waals surface area contributed by atoms with Crippen molar-refractivity contribution in [3.63, 3.8) is 0 Å². The average Bonchev–Trinajstić information content (AvgIpc) is 3.07. The number of oxazole rings is 1. The van der Waals surface area contributed by atoms with Crippen molar-refractivity contribution < 1.29 is 14.0 Å². The molecule has 0 fully saturated rings. The molecule has 2 aromatic heterocycles. The number of ketones is 1. The third kappa shape index (κ3) is 2.25. The smallest absolute Gasteiger partial charge is 0.408 e. The van der Waals surface area contributed by atoms with E-state index in [4.69, 9.17) is 4.42 Å². The Morgan fingerprint density at radius 1 is 1.21 bits per heavy atom. The minimum absolute atomic E-state index is 0.0847. The number of Topliss-reactive ketones (excluding diaryl/α,β-unsaturated/α-hetero) is 1. The van der Waals surface area contributed by atoms with Gasteiger partial charge in [0.05, 0.1) is 5.52 Å². The Bertz CT molecular complexity index is 1040. The van der Waals surface area contributed by atoms with Gasteiger partial charge >= 0.3 is 5.76 Å². The Hall–Kier alpha value is -3.09. The second kappa shape index (κ2) is 5.23. The SMILES string of the molecule is Cc1c(C(=O)Nc2ccc3oc(=O)[nH]c3c2)[nH]c2c1C(=O)CCC2. The predicted molar refractivity (Wildman–Crippen MR) is 87.6 cm³/mol. The van der Waals surface area contributed by atoms with Crippen LogP contribution in [0.1, 0.15) is 44.9 Å². The number of aromatic amines is 2. The molecule has 0 bridgehead atoms. The number of H-pyrrole nitrogens is 2. The minimum Gasteiger partial charge on any atom is -0.408 e. The van der Waals surface area contributed by atoms with Gasteiger partial charge in [-0.05, 0) is 43.5 Å². The van der Waals surface area contributed by atoms with Crippen LogP contribution in [0.2, 0.25) is 0 Å². The molecule has 0 aliphatic heterocycles. The van der Waals surface area contributed by atoms with Crippen LogP contribution >= 0.6 is 0 Å². The Kier molecular flexibility index (Phi) is 3.16. The van der Waals surface area contributed by atoms with E-state index in [1.165, 1.54) is 0 Å². The molecule has 2 heterocycles. The van der Waals surface area contributed by atoms with Gasteiger partial charge in [0.15, 0.2) is 11.4 Å². The lowest BCUT2D eigenvalue weighted by molar-refractivity contribution is 0.0971. The minimum atomic E-state index is -0.542. The summed E-state index contributed by atoms with van der Waals surface area (Å²) in [5, 5.41) is 2.78. The van der Waals surface area contributed by atoms with Gasteiger partial charge in [-0.25, -0.2) is 4.79 Å². The van der Waals surface area contributed by atoms with E-state index >= 15 is 0 Å². The van der Waals surface area contributed by atoms with E-state index in [0.717, 1.165) is 18.5 Å². The second-order valence-corrected chi connectivity index (χ2v) is 5.93. The molecule has 0 spiro atoms. The van der Waals surface area contributed by atoms with Gasteiger partial charge in [-0.1, -0.05) is 0 Å². The van der Waals surface area contributed by atoms with E-state index in [-0.39, 0.29) is 11.7 Å². The number of aryl methyl sites for hydroxylation is 1. The summed E-state index contributed by atoms with van der Waals surface area (Å²) in [6.45, 7) is 1.78. The summed E-state index contributed by atoms with van der Waals surface area (Å²) in [4.78, 5) is 41.4. The zero-order valence-corrected chi connectivity index (χ0v) is 13.0. The van der Waals surface area contributed by atoms with E-state index in [2.05, 4.69) is 15.3 Å². The summed E-state index contributed by atoms with van der Waals surface area (Å²) in [6.07, 6.45) is 2.10. The van der Waals surface area contributed by atoms with E-state index in [1.807, 2.05) is 0 Å². The normalized spacial score (nSPS) is 14.0. The first kappa shape index (κ1) is 14.5. The van der Waals surface area contributed by atoms with Crippen LogP contribution in [0.4, 0.5) is 5.69 Å². The maximum atomic E-state index is 12.6. The van der Waals surface area contributed by atoms with Crippen molar-refractivity contribution >= 4 is 28.5 Å². The number of benzene rings is 1. The number of fused-ring (bicyclic) bond motifs is 2. The first-order chi connectivity index (χ1) is 11.5. The second-order valence-electron chi connectivity index (χ2n) is 5.93. The van der Waals surface area contributed by atoms with Gasteiger partial charge in [-0.15, -0.1) is 0 Å². The van der Waals surface area contributed by atoms with Crippen molar-refractivity contribution in [1.29, 1.82) is 0 Å². The molecule has 7 nitrogen and oxygen atoms in total. The summed E-state index contributed by atoms with van der Waals surface area (Å²) in [5.74, 6) is -0.777. The van der Waals surface area contributed by atoms with Crippen molar-refractivity contribution in [2.75, 3.05) is 5.32 Å². The average molecular weight is 325 g/mol. The number of hydrogen-bond donors (Lipinski definition) is 3. The summed E-state index contributed by atoms with van der Waals surface area (Å²) >= 11 is 0. The Morgan fingerprint density at radius 3 is 2.83 bits per heavy atom. The van der Waals surface area contributed by atoms with Gasteiger partial charge in [0.2, 0.25) is 0 Å². The fourth-order valence-electron chi connectivity index (χ4n) is 3.22. The van der Waals surface area contributed by atoms with Crippen LogP contribution in [0.5, 0.6) is 0 Å². The molecule has 4 rings (SSSR count). The molecule has 0 radical (unpaired) electrons. The highest BCUT2D eigenvalue weighted by atomic mass is 16.4. The van der Waals surface area contributed by atoms with Crippen molar-refractivity contribution in [3.8, 4) is 0 Å². The molecule has 1 aliphatic carbocycles. The molecule has 1 aliphatic rings. The molecule has 3 aromatic rings. The van der Waals surface area contributed by atoms with Gasteiger partial charge in [0, 0.05) is 23.4 Å². The molecule has 1 aromatic carbocycles. The van der Waals surface area contributed by atoms with Crippen LogP contribution in [0.15, 0.2) is 27.4 Å². The molecule has 1 amide bonds. The molecular weight excluding hydrogens is 310 g/mol. The summed E-state index contributed by atoms with van der Waals surface area (Å²) in [6, 6.07) is 4.89. The standard InChI is InChI=1S/C17H15N3O4/c1-8-14-10(3-2-4-12(14)21)19-15(8)16(22)18-9-5-6-13-11(7-9)20-17(23)24-13/h5-7,19H,2-4H2,1H3,(H,18,22)(H,20,23). The third-order valence-electron chi connectivity index (χ3n) is 4.34. The Morgan fingerprint density at radius 2 is 2.04 bits per heavy atom. The Labute approximate surface area is 136 Å². The molecule has 0 unspecified atom stereocenters. The molecule has 0 atom stereocenters. The fourth-order valence-corrected chi connectivity index (χ4v) is 3.22. The van der Waals surface area contributed by atoms with Crippen LogP contribution in [-0.2, 0) is 6.42 Å². The number of aromatic nitrogens is 2. The predicted octanol–water partition coefficient (Wildman–Crippen LogP) is 2.53. The zero-order valence-electron chi connectivity index (χ0n) is 13.0. The number of carbonyl (C=O) groups is 2. The van der Waals surface area contributed by atoms with Crippen LogP contribution in [-0.4, -0.2) is 21.7 Å². The molecule has 122 valence electrons. The number of nitrogens with one attached hydrogen (secondary N) is 3. The summed E-state index contributed by atoms with van der Waals surface area (Å²) in [5.41, 5.74) is 4.04. The molecular formula is C17H15N3O4. The van der Waals surface area contributed by atoms with Crippen molar-refractivity contribution in [1.82, 2.24) is 9.97 Å². The number of rotatable bonds is 2. The molecule has 7 heteroatoms. The highest BCUT2D eigenvalue weighted by molar-refractivity contribution is 6.08. The van der Waals surface area contributed by atoms with Gasteiger partial charge < -0.3 is 14.7 Å². The quantitative estimate of drug-likeness (QED) is 0.672. The Balaban J connectivity index is 1.66. The topological polar surface area (TPSA) is 108 Å². The fraction of sp³-hybridized carbons (Fsp3) is 0.235. The van der Waals surface area contributed by atoms with Gasteiger partial charge in [0.1, 0.15) is 5.69 Å². The highest BCUT2D eigenvalue weighted by Gasteiger charge is 2.26.